The molecule has 2 atom stereocenters. The van der Waals surface area contributed by atoms with Gasteiger partial charge < -0.3 is 10.2 Å². The average molecular weight is 240 g/mol. The van der Waals surface area contributed by atoms with E-state index in [9.17, 15) is 4.79 Å². The highest BCUT2D eigenvalue weighted by molar-refractivity contribution is 5.81. The first kappa shape index (κ1) is 14.5. The van der Waals surface area contributed by atoms with E-state index in [2.05, 4.69) is 24.1 Å². The molecule has 1 heterocycles. The van der Waals surface area contributed by atoms with Gasteiger partial charge in [0.05, 0.1) is 6.04 Å². The third-order valence-corrected chi connectivity index (χ3v) is 3.76. The Balaban J connectivity index is 2.48. The molecule has 0 spiro atoms. The van der Waals surface area contributed by atoms with Gasteiger partial charge in [-0.05, 0) is 32.2 Å². The summed E-state index contributed by atoms with van der Waals surface area (Å²) in [6, 6.07) is 0.00109. The third-order valence-electron chi connectivity index (χ3n) is 3.76. The first-order valence-corrected chi connectivity index (χ1v) is 7.21. The Labute approximate surface area is 106 Å². The highest BCUT2D eigenvalue weighted by Gasteiger charge is 2.24. The first-order valence-electron chi connectivity index (χ1n) is 7.21. The summed E-state index contributed by atoms with van der Waals surface area (Å²) in [7, 11) is 0. The Hall–Kier alpha value is -0.570. The molecule has 0 aromatic heterocycles. The number of nitrogens with zero attached hydrogens (tertiary/aromatic N) is 1. The van der Waals surface area contributed by atoms with E-state index in [0.717, 1.165) is 26.1 Å². The molecule has 1 saturated heterocycles. The molecule has 0 bridgehead atoms. The fourth-order valence-corrected chi connectivity index (χ4v) is 2.47. The number of carbonyl (C=O) groups excluding carboxylic acids is 1. The third kappa shape index (κ3) is 4.66. The van der Waals surface area contributed by atoms with E-state index in [0.29, 0.717) is 5.92 Å². The van der Waals surface area contributed by atoms with Gasteiger partial charge in [0.25, 0.3) is 0 Å². The zero-order chi connectivity index (χ0) is 12.7. The van der Waals surface area contributed by atoms with Crippen molar-refractivity contribution in [2.24, 2.45) is 5.92 Å². The molecule has 3 heteroatoms. The van der Waals surface area contributed by atoms with Crippen LogP contribution in [0.3, 0.4) is 0 Å². The predicted octanol–water partition coefficient (Wildman–Crippen LogP) is 2.41. The van der Waals surface area contributed by atoms with Crippen LogP contribution in [-0.2, 0) is 4.79 Å². The van der Waals surface area contributed by atoms with E-state index in [-0.39, 0.29) is 11.9 Å². The number of carbonyl (C=O) groups is 1. The maximum Gasteiger partial charge on any atom is 0.239 e. The second kappa shape index (κ2) is 7.70. The number of unbranched alkanes of at least 4 members (excludes halogenated alkanes) is 1. The predicted molar refractivity (Wildman–Crippen MR) is 72.0 cm³/mol. The van der Waals surface area contributed by atoms with E-state index in [4.69, 9.17) is 0 Å². The van der Waals surface area contributed by atoms with Crippen LogP contribution in [0.5, 0.6) is 0 Å². The van der Waals surface area contributed by atoms with Crippen LogP contribution >= 0.6 is 0 Å². The van der Waals surface area contributed by atoms with Gasteiger partial charge in [-0.2, -0.15) is 0 Å². The summed E-state index contributed by atoms with van der Waals surface area (Å²) in [6.45, 7) is 9.31. The van der Waals surface area contributed by atoms with Crippen molar-refractivity contribution in [3.8, 4) is 0 Å². The molecule has 1 aliphatic heterocycles. The van der Waals surface area contributed by atoms with Gasteiger partial charge in [-0.25, -0.2) is 0 Å². The fraction of sp³-hybridized carbons (Fsp3) is 0.929. The molecule has 2 unspecified atom stereocenters. The topological polar surface area (TPSA) is 32.3 Å². The highest BCUT2D eigenvalue weighted by atomic mass is 16.2. The van der Waals surface area contributed by atoms with E-state index in [1.165, 1.54) is 25.7 Å². The van der Waals surface area contributed by atoms with Gasteiger partial charge in [-0.15, -0.1) is 0 Å². The van der Waals surface area contributed by atoms with E-state index in [1.807, 2.05) is 6.92 Å². The molecule has 0 saturated carbocycles. The molecule has 17 heavy (non-hydrogen) atoms. The van der Waals surface area contributed by atoms with Crippen LogP contribution in [0.25, 0.3) is 0 Å². The molecule has 1 fully saturated rings. The Morgan fingerprint density at radius 1 is 1.47 bits per heavy atom. The molecule has 1 N–H and O–H groups in total. The van der Waals surface area contributed by atoms with Crippen LogP contribution in [0.4, 0.5) is 0 Å². The molecule has 0 aromatic rings. The molecule has 0 aromatic carbocycles. The minimum absolute atomic E-state index is 0.00109. The second-order valence-electron chi connectivity index (χ2n) is 5.23. The molecule has 1 amide bonds. The summed E-state index contributed by atoms with van der Waals surface area (Å²) in [5, 5.41) is 3.27. The SMILES string of the molecule is CCCCC(CC)CN1CCCNC(C)C1=O. The van der Waals surface area contributed by atoms with Crippen molar-refractivity contribution in [2.75, 3.05) is 19.6 Å². The summed E-state index contributed by atoms with van der Waals surface area (Å²) < 4.78 is 0. The van der Waals surface area contributed by atoms with Gasteiger partial charge in [0.1, 0.15) is 0 Å². The lowest BCUT2D eigenvalue weighted by molar-refractivity contribution is -0.132. The summed E-state index contributed by atoms with van der Waals surface area (Å²) in [5.41, 5.74) is 0. The van der Waals surface area contributed by atoms with E-state index >= 15 is 0 Å². The average Bonchev–Trinajstić information content (AvgIpc) is 2.49. The summed E-state index contributed by atoms with van der Waals surface area (Å²) in [4.78, 5) is 14.2. The van der Waals surface area contributed by atoms with Crippen LogP contribution < -0.4 is 5.32 Å². The van der Waals surface area contributed by atoms with Crippen LogP contribution in [0.2, 0.25) is 0 Å². The number of nitrogens with one attached hydrogen (secondary N) is 1. The molecule has 0 radical (unpaired) electrons. The Morgan fingerprint density at radius 2 is 2.24 bits per heavy atom. The maximum absolute atomic E-state index is 12.1. The summed E-state index contributed by atoms with van der Waals surface area (Å²) in [5.74, 6) is 0.974. The Bertz CT molecular complexity index is 230. The quantitative estimate of drug-likeness (QED) is 0.773. The van der Waals surface area contributed by atoms with Gasteiger partial charge in [0.15, 0.2) is 0 Å². The van der Waals surface area contributed by atoms with Crippen molar-refractivity contribution in [1.82, 2.24) is 10.2 Å². The lowest BCUT2D eigenvalue weighted by Gasteiger charge is -2.27. The number of rotatable bonds is 6. The van der Waals surface area contributed by atoms with Gasteiger partial charge in [0.2, 0.25) is 5.91 Å². The van der Waals surface area contributed by atoms with Crippen molar-refractivity contribution in [1.29, 1.82) is 0 Å². The van der Waals surface area contributed by atoms with E-state index < -0.39 is 0 Å². The number of hydrogen-bond donors (Lipinski definition) is 1. The summed E-state index contributed by atoms with van der Waals surface area (Å²) in [6.07, 6.45) is 6.07. The van der Waals surface area contributed by atoms with Crippen LogP contribution in [0, 0.1) is 5.92 Å². The molecule has 0 aliphatic carbocycles. The zero-order valence-corrected chi connectivity index (χ0v) is 11.7. The van der Waals surface area contributed by atoms with Crippen molar-refractivity contribution in [3.63, 3.8) is 0 Å². The fourth-order valence-electron chi connectivity index (χ4n) is 2.47. The van der Waals surface area contributed by atoms with Gasteiger partial charge >= 0.3 is 0 Å². The molecule has 3 nitrogen and oxygen atoms in total. The number of amides is 1. The van der Waals surface area contributed by atoms with Crippen molar-refractivity contribution in [2.45, 2.75) is 58.9 Å². The van der Waals surface area contributed by atoms with Crippen molar-refractivity contribution >= 4 is 5.91 Å². The van der Waals surface area contributed by atoms with E-state index in [1.54, 1.807) is 0 Å². The van der Waals surface area contributed by atoms with Crippen molar-refractivity contribution in [3.05, 3.63) is 0 Å². The van der Waals surface area contributed by atoms with Crippen LogP contribution in [-0.4, -0.2) is 36.5 Å². The zero-order valence-electron chi connectivity index (χ0n) is 11.7. The molecular weight excluding hydrogens is 212 g/mol. The minimum Gasteiger partial charge on any atom is -0.341 e. The smallest absolute Gasteiger partial charge is 0.239 e. The maximum atomic E-state index is 12.1. The Morgan fingerprint density at radius 3 is 2.88 bits per heavy atom. The van der Waals surface area contributed by atoms with Gasteiger partial charge in [-0.3, -0.25) is 4.79 Å². The molecular formula is C14H28N2O. The highest BCUT2D eigenvalue weighted by Crippen LogP contribution is 2.16. The monoisotopic (exact) mass is 240 g/mol. The Kier molecular flexibility index (Phi) is 6.56. The summed E-state index contributed by atoms with van der Waals surface area (Å²) >= 11 is 0. The molecule has 1 aliphatic rings. The van der Waals surface area contributed by atoms with Gasteiger partial charge in [-0.1, -0.05) is 33.1 Å². The first-order chi connectivity index (χ1) is 8.19. The lowest BCUT2D eigenvalue weighted by Crippen LogP contribution is -2.43. The van der Waals surface area contributed by atoms with Crippen molar-refractivity contribution < 1.29 is 4.79 Å². The van der Waals surface area contributed by atoms with Crippen LogP contribution in [0.1, 0.15) is 52.9 Å². The normalized spacial score (nSPS) is 23.6. The largest absolute Gasteiger partial charge is 0.341 e. The molecule has 1 rings (SSSR count). The standard InChI is InChI=1S/C14H28N2O/c1-4-6-8-13(5-2)11-16-10-7-9-15-12(3)14(16)17/h12-13,15H,4-11H2,1-3H3. The minimum atomic E-state index is 0.00109. The second-order valence-corrected chi connectivity index (χ2v) is 5.23. The van der Waals surface area contributed by atoms with Crippen LogP contribution in [0.15, 0.2) is 0 Å². The molecule has 100 valence electrons. The lowest BCUT2D eigenvalue weighted by atomic mass is 9.98. The number of hydrogen-bond acceptors (Lipinski definition) is 2. The van der Waals surface area contributed by atoms with Gasteiger partial charge in [0, 0.05) is 13.1 Å².